The summed E-state index contributed by atoms with van der Waals surface area (Å²) in [6.07, 6.45) is 3.21. The van der Waals surface area contributed by atoms with Crippen LogP contribution in [0.15, 0.2) is 59.3 Å². The van der Waals surface area contributed by atoms with E-state index in [2.05, 4.69) is 19.8 Å². The molecule has 0 saturated carbocycles. The monoisotopic (exact) mass is 409 g/mol. The van der Waals surface area contributed by atoms with Gasteiger partial charge < -0.3 is 20.3 Å². The smallest absolute Gasteiger partial charge is 0.350 e. The van der Waals surface area contributed by atoms with Crippen molar-refractivity contribution >= 4 is 35.2 Å². The molecule has 2 aromatic heterocycles. The maximum absolute atomic E-state index is 12.3. The van der Waals surface area contributed by atoms with Crippen molar-refractivity contribution < 1.29 is 9.72 Å². The second-order valence-electron chi connectivity index (χ2n) is 6.17. The van der Waals surface area contributed by atoms with Gasteiger partial charge in [-0.2, -0.15) is 4.40 Å². The number of nitrogens with zero attached hydrogens (tertiary/aromatic N) is 6. The molecule has 4 rings (SSSR count). The number of carbonyl (C=O) groups is 1. The molecule has 0 bridgehead atoms. The highest BCUT2D eigenvalue weighted by Gasteiger charge is 2.23. The van der Waals surface area contributed by atoms with Crippen LogP contribution in [0.25, 0.3) is 16.9 Å². The molecule has 10 nitrogen and oxygen atoms in total. The highest BCUT2D eigenvalue weighted by atomic mass is 32.2. The Labute approximate surface area is 169 Å². The number of nitrogens with one attached hydrogen (secondary N) is 1. The van der Waals surface area contributed by atoms with E-state index in [0.717, 1.165) is 0 Å². The molecule has 146 valence electrons. The number of nitro groups is 1. The van der Waals surface area contributed by atoms with Crippen LogP contribution in [0.5, 0.6) is 0 Å². The Hall–Kier alpha value is -3.73. The van der Waals surface area contributed by atoms with Crippen molar-refractivity contribution in [3.8, 4) is 16.9 Å². The van der Waals surface area contributed by atoms with Gasteiger partial charge in [0.05, 0.1) is 11.9 Å². The Morgan fingerprint density at radius 1 is 1.28 bits per heavy atom. The molecule has 1 amide bonds. The average Bonchev–Trinajstić information content (AvgIpc) is 3.36. The molecule has 1 aliphatic rings. The second-order valence-corrected chi connectivity index (χ2v) is 6.87. The Kier molecular flexibility index (Phi) is 4.96. The lowest BCUT2D eigenvalue weighted by molar-refractivity contribution is -0.391. The van der Waals surface area contributed by atoms with Crippen molar-refractivity contribution in [2.75, 3.05) is 18.2 Å². The van der Waals surface area contributed by atoms with Gasteiger partial charge in [-0.1, -0.05) is 9.78 Å². The number of likely N-dealkylation sites (N-methyl/N-ethyl adjacent to an activating group) is 1. The van der Waals surface area contributed by atoms with Gasteiger partial charge in [0, 0.05) is 30.7 Å². The molecule has 0 aliphatic carbocycles. The summed E-state index contributed by atoms with van der Waals surface area (Å²) in [6.45, 7) is 0. The molecular weight excluding hydrogens is 394 g/mol. The van der Waals surface area contributed by atoms with Gasteiger partial charge in [0.1, 0.15) is 5.69 Å². The Morgan fingerprint density at radius 2 is 2.07 bits per heavy atom. The van der Waals surface area contributed by atoms with Gasteiger partial charge in [-0.3, -0.25) is 9.78 Å². The molecule has 11 heteroatoms. The SMILES string of the molecule is CN1CSN=C1C(=O)Nc1ccc(-n2nc(-c3cccnc3)cc2[N+](=O)[O-])cc1. The van der Waals surface area contributed by atoms with Crippen molar-refractivity contribution in [3.63, 3.8) is 0 Å². The summed E-state index contributed by atoms with van der Waals surface area (Å²) in [5.41, 5.74) is 2.17. The van der Waals surface area contributed by atoms with E-state index in [9.17, 15) is 14.9 Å². The minimum atomic E-state index is -0.492. The summed E-state index contributed by atoms with van der Waals surface area (Å²) in [5, 5.41) is 18.6. The van der Waals surface area contributed by atoms with E-state index < -0.39 is 4.92 Å². The van der Waals surface area contributed by atoms with Gasteiger partial charge >= 0.3 is 5.82 Å². The maximum atomic E-state index is 12.3. The number of hydrogen-bond donors (Lipinski definition) is 1. The van der Waals surface area contributed by atoms with E-state index in [1.807, 2.05) is 0 Å². The lowest BCUT2D eigenvalue weighted by atomic mass is 10.2. The molecule has 1 N–H and O–H groups in total. The number of carbonyl (C=O) groups excluding carboxylic acids is 1. The minimum absolute atomic E-state index is 0.167. The van der Waals surface area contributed by atoms with Crippen molar-refractivity contribution in [3.05, 3.63) is 65.0 Å². The fourth-order valence-electron chi connectivity index (χ4n) is 2.74. The van der Waals surface area contributed by atoms with E-state index in [0.29, 0.717) is 34.3 Å². The fourth-order valence-corrected chi connectivity index (χ4v) is 3.44. The zero-order chi connectivity index (χ0) is 20.4. The molecule has 0 spiro atoms. The van der Waals surface area contributed by atoms with Crippen LogP contribution in [0.1, 0.15) is 0 Å². The van der Waals surface area contributed by atoms with Gasteiger partial charge in [-0.05, 0) is 53.3 Å². The molecule has 3 heterocycles. The third kappa shape index (κ3) is 3.80. The number of amidine groups is 1. The van der Waals surface area contributed by atoms with Crippen LogP contribution in [-0.2, 0) is 4.79 Å². The molecular formula is C18H15N7O3S. The summed E-state index contributed by atoms with van der Waals surface area (Å²) in [5.74, 6) is 0.501. The summed E-state index contributed by atoms with van der Waals surface area (Å²) < 4.78 is 5.34. The molecule has 1 aromatic carbocycles. The van der Waals surface area contributed by atoms with E-state index in [1.54, 1.807) is 60.7 Å². The summed E-state index contributed by atoms with van der Waals surface area (Å²) in [7, 11) is 1.79. The number of benzene rings is 1. The first-order valence-corrected chi connectivity index (χ1v) is 9.45. The quantitative estimate of drug-likeness (QED) is 0.391. The molecule has 0 atom stereocenters. The summed E-state index contributed by atoms with van der Waals surface area (Å²) in [4.78, 5) is 29.0. The van der Waals surface area contributed by atoms with Crippen molar-refractivity contribution in [2.45, 2.75) is 0 Å². The molecule has 3 aromatic rings. The first-order chi connectivity index (χ1) is 14.0. The van der Waals surface area contributed by atoms with Crippen LogP contribution in [0.2, 0.25) is 0 Å². The number of hydrogen-bond acceptors (Lipinski definition) is 8. The molecule has 0 saturated heterocycles. The van der Waals surface area contributed by atoms with E-state index in [-0.39, 0.29) is 11.7 Å². The lowest BCUT2D eigenvalue weighted by Gasteiger charge is -2.12. The lowest BCUT2D eigenvalue weighted by Crippen LogP contribution is -2.33. The molecule has 0 unspecified atom stereocenters. The average molecular weight is 409 g/mol. The van der Waals surface area contributed by atoms with Crippen LogP contribution in [0, 0.1) is 10.1 Å². The first-order valence-electron chi connectivity index (χ1n) is 8.50. The van der Waals surface area contributed by atoms with Crippen LogP contribution < -0.4 is 5.32 Å². The third-order valence-electron chi connectivity index (χ3n) is 4.17. The fraction of sp³-hybridized carbons (Fsp3) is 0.111. The van der Waals surface area contributed by atoms with Gasteiger partial charge in [0.25, 0.3) is 5.91 Å². The number of aromatic nitrogens is 3. The normalized spacial score (nSPS) is 13.3. The van der Waals surface area contributed by atoms with E-state index in [4.69, 9.17) is 0 Å². The maximum Gasteiger partial charge on any atom is 0.350 e. The van der Waals surface area contributed by atoms with Crippen molar-refractivity contribution in [2.24, 2.45) is 4.40 Å². The largest absolute Gasteiger partial charge is 0.358 e. The van der Waals surface area contributed by atoms with Gasteiger partial charge in [-0.25, -0.2) is 0 Å². The standard InChI is InChI=1S/C18H15N7O3S/c1-23-11-29-22-17(23)18(26)20-13-4-6-14(7-5-13)24-16(25(27)28)9-15(21-24)12-3-2-8-19-10-12/h2-10H,11H2,1H3,(H,20,26). The Balaban J connectivity index is 1.59. The highest BCUT2D eigenvalue weighted by molar-refractivity contribution is 7.98. The topological polar surface area (TPSA) is 119 Å². The summed E-state index contributed by atoms with van der Waals surface area (Å²) in [6, 6.07) is 11.5. The van der Waals surface area contributed by atoms with Gasteiger partial charge in [0.15, 0.2) is 5.69 Å². The molecule has 0 fully saturated rings. The molecule has 1 aliphatic heterocycles. The predicted molar refractivity (Wildman–Crippen MR) is 110 cm³/mol. The highest BCUT2D eigenvalue weighted by Crippen LogP contribution is 2.26. The minimum Gasteiger partial charge on any atom is -0.358 e. The van der Waals surface area contributed by atoms with Crippen LogP contribution in [0.4, 0.5) is 11.5 Å². The number of anilines is 1. The molecule has 29 heavy (non-hydrogen) atoms. The zero-order valence-electron chi connectivity index (χ0n) is 15.2. The third-order valence-corrected chi connectivity index (χ3v) is 4.98. The number of amides is 1. The van der Waals surface area contributed by atoms with Crippen molar-refractivity contribution in [1.82, 2.24) is 19.7 Å². The van der Waals surface area contributed by atoms with Crippen molar-refractivity contribution in [1.29, 1.82) is 0 Å². The molecule has 0 radical (unpaired) electrons. The van der Waals surface area contributed by atoms with Crippen LogP contribution in [0.3, 0.4) is 0 Å². The van der Waals surface area contributed by atoms with E-state index in [1.165, 1.54) is 22.7 Å². The summed E-state index contributed by atoms with van der Waals surface area (Å²) >= 11 is 1.31. The first kappa shape index (κ1) is 18.6. The van der Waals surface area contributed by atoms with Crippen LogP contribution in [-0.4, -0.2) is 49.3 Å². The number of pyridine rings is 1. The van der Waals surface area contributed by atoms with Crippen LogP contribution >= 0.6 is 11.9 Å². The Morgan fingerprint density at radius 3 is 2.69 bits per heavy atom. The second kappa shape index (κ2) is 7.72. The predicted octanol–water partition coefficient (Wildman–Crippen LogP) is 2.73. The number of rotatable bonds is 5. The van der Waals surface area contributed by atoms with Gasteiger partial charge in [0.2, 0.25) is 5.84 Å². The van der Waals surface area contributed by atoms with E-state index >= 15 is 0 Å². The van der Waals surface area contributed by atoms with Gasteiger partial charge in [-0.15, -0.1) is 0 Å². The Bertz CT molecular complexity index is 1100. The zero-order valence-corrected chi connectivity index (χ0v) is 16.0.